The minimum Gasteiger partial charge on any atom is -0.382 e. The van der Waals surface area contributed by atoms with Crippen molar-refractivity contribution in [1.82, 2.24) is 20.4 Å². The summed E-state index contributed by atoms with van der Waals surface area (Å²) in [7, 11) is 1.95. The topological polar surface area (TPSA) is 63.5 Å². The molecule has 0 radical (unpaired) electrons. The first-order chi connectivity index (χ1) is 12.2. The van der Waals surface area contributed by atoms with E-state index in [9.17, 15) is 0 Å². The van der Waals surface area contributed by atoms with E-state index in [0.717, 1.165) is 51.6 Å². The number of aromatic nitrogens is 2. The Kier molecular flexibility index (Phi) is 8.25. The summed E-state index contributed by atoms with van der Waals surface area (Å²) in [5, 5.41) is 11.0. The number of nitrogens with zero attached hydrogens (tertiary/aromatic N) is 3. The Bertz CT molecular complexity index is 520. The van der Waals surface area contributed by atoms with Crippen LogP contribution >= 0.6 is 0 Å². The smallest absolute Gasteiger partial charge is 0.191 e. The summed E-state index contributed by atoms with van der Waals surface area (Å²) in [6.07, 6.45) is 11.3. The Labute approximate surface area is 152 Å². The average molecular weight is 350 g/mol. The zero-order valence-electron chi connectivity index (χ0n) is 16.2. The van der Waals surface area contributed by atoms with E-state index in [-0.39, 0.29) is 0 Å². The molecule has 2 N–H and O–H groups in total. The van der Waals surface area contributed by atoms with Crippen molar-refractivity contribution in [2.24, 2.45) is 17.5 Å². The summed E-state index contributed by atoms with van der Waals surface area (Å²) < 4.78 is 7.45. The molecule has 1 aromatic rings. The van der Waals surface area contributed by atoms with E-state index in [1.54, 1.807) is 0 Å². The maximum absolute atomic E-state index is 5.60. The number of hydrogen-bond acceptors (Lipinski definition) is 3. The maximum atomic E-state index is 5.60. The second-order valence-electron chi connectivity index (χ2n) is 7.05. The highest BCUT2D eigenvalue weighted by atomic mass is 16.5. The molecule has 0 unspecified atom stereocenters. The Morgan fingerprint density at radius 2 is 2.12 bits per heavy atom. The van der Waals surface area contributed by atoms with E-state index in [1.807, 2.05) is 17.9 Å². The van der Waals surface area contributed by atoms with Gasteiger partial charge in [0, 0.05) is 46.1 Å². The zero-order valence-corrected chi connectivity index (χ0v) is 16.2. The van der Waals surface area contributed by atoms with Crippen molar-refractivity contribution in [3.05, 3.63) is 18.0 Å². The van der Waals surface area contributed by atoms with E-state index < -0.39 is 0 Å². The summed E-state index contributed by atoms with van der Waals surface area (Å²) >= 11 is 0. The molecule has 0 amide bonds. The van der Waals surface area contributed by atoms with Crippen LogP contribution in [-0.4, -0.2) is 48.6 Å². The van der Waals surface area contributed by atoms with Gasteiger partial charge in [-0.25, -0.2) is 0 Å². The van der Waals surface area contributed by atoms with Gasteiger partial charge in [0.2, 0.25) is 0 Å². The van der Waals surface area contributed by atoms with E-state index >= 15 is 0 Å². The van der Waals surface area contributed by atoms with Gasteiger partial charge >= 0.3 is 0 Å². The van der Waals surface area contributed by atoms with E-state index in [2.05, 4.69) is 35.8 Å². The summed E-state index contributed by atoms with van der Waals surface area (Å²) in [6.45, 7) is 8.47. The van der Waals surface area contributed by atoms with Crippen LogP contribution in [0.3, 0.4) is 0 Å². The van der Waals surface area contributed by atoms with Crippen LogP contribution in [0.2, 0.25) is 0 Å². The van der Waals surface area contributed by atoms with E-state index in [4.69, 9.17) is 9.73 Å². The normalized spacial score (nSPS) is 17.0. The molecule has 25 heavy (non-hydrogen) atoms. The number of aryl methyl sites for hydroxylation is 1. The molecule has 1 heterocycles. The molecular formula is C19H35N5O. The van der Waals surface area contributed by atoms with Crippen LogP contribution in [0.1, 0.15) is 51.5 Å². The van der Waals surface area contributed by atoms with Gasteiger partial charge in [0.15, 0.2) is 5.96 Å². The minimum absolute atomic E-state index is 0.334. The quantitative estimate of drug-likeness (QED) is 0.387. The predicted molar refractivity (Wildman–Crippen MR) is 103 cm³/mol. The standard InChI is InChI=1S/C19H35N5O/c1-4-20-18(21-12-8-17-14-23-24(3)15-17)22-16-19(9-6-7-10-19)11-13-25-5-2/h14-15H,4-13,16H2,1-3H3,(H2,20,21,22). The third kappa shape index (κ3) is 6.69. The fourth-order valence-electron chi connectivity index (χ4n) is 3.56. The van der Waals surface area contributed by atoms with Crippen molar-refractivity contribution in [3.8, 4) is 0 Å². The fourth-order valence-corrected chi connectivity index (χ4v) is 3.56. The number of rotatable bonds is 10. The highest BCUT2D eigenvalue weighted by Crippen LogP contribution is 2.41. The number of ether oxygens (including phenoxy) is 1. The van der Waals surface area contributed by atoms with Crippen molar-refractivity contribution in [3.63, 3.8) is 0 Å². The summed E-state index contributed by atoms with van der Waals surface area (Å²) in [5.74, 6) is 0.925. The molecule has 0 bridgehead atoms. The first-order valence-corrected chi connectivity index (χ1v) is 9.75. The van der Waals surface area contributed by atoms with E-state index in [0.29, 0.717) is 5.41 Å². The molecular weight excluding hydrogens is 314 g/mol. The van der Waals surface area contributed by atoms with Crippen molar-refractivity contribution in [2.45, 2.75) is 52.4 Å². The zero-order chi connectivity index (χ0) is 18.0. The largest absolute Gasteiger partial charge is 0.382 e. The Morgan fingerprint density at radius 3 is 2.76 bits per heavy atom. The molecule has 142 valence electrons. The van der Waals surface area contributed by atoms with Gasteiger partial charge in [0.1, 0.15) is 0 Å². The average Bonchev–Trinajstić information content (AvgIpc) is 3.23. The van der Waals surface area contributed by atoms with Crippen LogP contribution in [-0.2, 0) is 18.2 Å². The van der Waals surface area contributed by atoms with Gasteiger partial charge in [-0.2, -0.15) is 5.10 Å². The Hall–Kier alpha value is -1.56. The second-order valence-corrected chi connectivity index (χ2v) is 7.05. The third-order valence-corrected chi connectivity index (χ3v) is 5.03. The first-order valence-electron chi connectivity index (χ1n) is 9.75. The summed E-state index contributed by atoms with van der Waals surface area (Å²) in [4.78, 5) is 4.90. The monoisotopic (exact) mass is 349 g/mol. The molecule has 1 aromatic heterocycles. The van der Waals surface area contributed by atoms with Crippen molar-refractivity contribution < 1.29 is 4.74 Å². The second kappa shape index (κ2) is 10.4. The molecule has 1 aliphatic rings. The molecule has 1 fully saturated rings. The van der Waals surface area contributed by atoms with Crippen LogP contribution < -0.4 is 10.6 Å². The van der Waals surface area contributed by atoms with Gasteiger partial charge in [-0.1, -0.05) is 12.8 Å². The van der Waals surface area contributed by atoms with Crippen LogP contribution in [0.15, 0.2) is 17.4 Å². The van der Waals surface area contributed by atoms with Crippen LogP contribution in [0.25, 0.3) is 0 Å². The molecule has 0 atom stereocenters. The highest BCUT2D eigenvalue weighted by molar-refractivity contribution is 5.79. The molecule has 2 rings (SSSR count). The van der Waals surface area contributed by atoms with Gasteiger partial charge in [-0.05, 0) is 50.5 Å². The third-order valence-electron chi connectivity index (χ3n) is 5.03. The van der Waals surface area contributed by atoms with E-state index in [1.165, 1.54) is 31.2 Å². The van der Waals surface area contributed by atoms with Crippen molar-refractivity contribution >= 4 is 5.96 Å². The lowest BCUT2D eigenvalue weighted by molar-refractivity contribution is 0.107. The van der Waals surface area contributed by atoms with Gasteiger partial charge in [-0.3, -0.25) is 9.67 Å². The van der Waals surface area contributed by atoms with Crippen LogP contribution in [0.5, 0.6) is 0 Å². The van der Waals surface area contributed by atoms with Crippen molar-refractivity contribution in [2.75, 3.05) is 32.8 Å². The molecule has 0 aliphatic heterocycles. The minimum atomic E-state index is 0.334. The van der Waals surface area contributed by atoms with Crippen LogP contribution in [0.4, 0.5) is 0 Å². The molecule has 1 saturated carbocycles. The predicted octanol–water partition coefficient (Wildman–Crippen LogP) is 2.50. The van der Waals surface area contributed by atoms with Gasteiger partial charge in [0.05, 0.1) is 6.20 Å². The van der Waals surface area contributed by atoms with Gasteiger partial charge in [-0.15, -0.1) is 0 Å². The Morgan fingerprint density at radius 1 is 1.32 bits per heavy atom. The lowest BCUT2D eigenvalue weighted by Gasteiger charge is -2.27. The van der Waals surface area contributed by atoms with Gasteiger partial charge < -0.3 is 15.4 Å². The molecule has 0 aromatic carbocycles. The number of aliphatic imine (C=N–C) groups is 1. The molecule has 6 nitrogen and oxygen atoms in total. The number of guanidine groups is 1. The maximum Gasteiger partial charge on any atom is 0.191 e. The molecule has 0 spiro atoms. The summed E-state index contributed by atoms with van der Waals surface area (Å²) in [5.41, 5.74) is 1.58. The van der Waals surface area contributed by atoms with Gasteiger partial charge in [0.25, 0.3) is 0 Å². The lowest BCUT2D eigenvalue weighted by atomic mass is 9.83. The van der Waals surface area contributed by atoms with Crippen molar-refractivity contribution in [1.29, 1.82) is 0 Å². The SMILES string of the molecule is CCNC(=NCC1(CCOCC)CCCC1)NCCc1cnn(C)c1. The molecule has 6 heteroatoms. The Balaban J connectivity index is 1.85. The summed E-state index contributed by atoms with van der Waals surface area (Å²) in [6, 6.07) is 0. The molecule has 1 aliphatic carbocycles. The fraction of sp³-hybridized carbons (Fsp3) is 0.789. The molecule has 0 saturated heterocycles. The highest BCUT2D eigenvalue weighted by Gasteiger charge is 2.33. The number of hydrogen-bond donors (Lipinski definition) is 2. The van der Waals surface area contributed by atoms with Crippen LogP contribution in [0, 0.1) is 5.41 Å². The lowest BCUT2D eigenvalue weighted by Crippen LogP contribution is -2.39. The number of nitrogens with one attached hydrogen (secondary N) is 2. The first kappa shape index (κ1) is 19.8.